The first-order valence-electron chi connectivity index (χ1n) is 2.39. The molecule has 1 saturated heterocycles. The number of hydrogen-bond acceptors (Lipinski definition) is 2. The summed E-state index contributed by atoms with van der Waals surface area (Å²) in [6.07, 6.45) is 1.15. The van der Waals surface area contributed by atoms with Crippen molar-refractivity contribution in [2.75, 3.05) is 18.3 Å². The molecule has 1 atom stereocenters. The second kappa shape index (κ2) is 2.55. The second-order valence-electron chi connectivity index (χ2n) is 1.62. The Morgan fingerprint density at radius 1 is 1.57 bits per heavy atom. The van der Waals surface area contributed by atoms with Gasteiger partial charge in [0.2, 0.25) is 5.94 Å². The molecule has 0 bridgehead atoms. The SMILES string of the molecule is N[S+]1CCCOC1. The molecule has 1 fully saturated rings. The highest BCUT2D eigenvalue weighted by Crippen LogP contribution is 1.99. The zero-order chi connectivity index (χ0) is 5.11. The van der Waals surface area contributed by atoms with Gasteiger partial charge in [-0.05, 0) is 0 Å². The number of rotatable bonds is 0. The summed E-state index contributed by atoms with van der Waals surface area (Å²) in [4.78, 5) is 0. The predicted molar refractivity (Wildman–Crippen MR) is 31.9 cm³/mol. The third kappa shape index (κ3) is 1.67. The van der Waals surface area contributed by atoms with Gasteiger partial charge in [-0.25, -0.2) is 0 Å². The minimum Gasteiger partial charge on any atom is -0.334 e. The van der Waals surface area contributed by atoms with Crippen LogP contribution in [-0.4, -0.2) is 18.3 Å². The van der Waals surface area contributed by atoms with E-state index in [4.69, 9.17) is 9.88 Å². The Bertz CT molecular complexity index is 53.7. The summed E-state index contributed by atoms with van der Waals surface area (Å²) in [7, 11) is 0. The van der Waals surface area contributed by atoms with E-state index in [2.05, 4.69) is 0 Å². The first kappa shape index (κ1) is 5.41. The molecule has 1 aliphatic rings. The molecule has 1 unspecified atom stereocenters. The Morgan fingerprint density at radius 3 is 2.71 bits per heavy atom. The van der Waals surface area contributed by atoms with E-state index < -0.39 is 0 Å². The van der Waals surface area contributed by atoms with Gasteiger partial charge in [-0.3, -0.25) is 0 Å². The average molecular weight is 120 g/mol. The molecule has 42 valence electrons. The van der Waals surface area contributed by atoms with Crippen LogP contribution < -0.4 is 5.14 Å². The van der Waals surface area contributed by atoms with Crippen molar-refractivity contribution in [3.8, 4) is 0 Å². The summed E-state index contributed by atoms with van der Waals surface area (Å²) >= 11 is 0.0876. The molecule has 1 aliphatic heterocycles. The second-order valence-corrected chi connectivity index (χ2v) is 3.34. The van der Waals surface area contributed by atoms with E-state index in [1.807, 2.05) is 0 Å². The van der Waals surface area contributed by atoms with Crippen molar-refractivity contribution in [2.45, 2.75) is 6.42 Å². The van der Waals surface area contributed by atoms with Crippen LogP contribution in [0.4, 0.5) is 0 Å². The van der Waals surface area contributed by atoms with Gasteiger partial charge in [0, 0.05) is 6.42 Å². The van der Waals surface area contributed by atoms with Crippen LogP contribution in [0.5, 0.6) is 0 Å². The van der Waals surface area contributed by atoms with E-state index in [1.165, 1.54) is 5.75 Å². The van der Waals surface area contributed by atoms with Crippen LogP contribution in [-0.2, 0) is 15.8 Å². The standard InChI is InChI=1S/C4H10NOS/c5-7-3-1-2-6-4-7/h1-5H2/q+1. The first-order valence-corrected chi connectivity index (χ1v) is 4.02. The van der Waals surface area contributed by atoms with E-state index in [0.29, 0.717) is 0 Å². The molecule has 0 aromatic carbocycles. The fourth-order valence-electron chi connectivity index (χ4n) is 0.571. The van der Waals surface area contributed by atoms with Gasteiger partial charge in [-0.15, -0.1) is 5.14 Å². The van der Waals surface area contributed by atoms with Crippen LogP contribution in [0.1, 0.15) is 6.42 Å². The van der Waals surface area contributed by atoms with Gasteiger partial charge in [0.15, 0.2) is 0 Å². The van der Waals surface area contributed by atoms with Gasteiger partial charge in [0.1, 0.15) is 5.75 Å². The first-order chi connectivity index (χ1) is 3.39. The van der Waals surface area contributed by atoms with Crippen molar-refractivity contribution in [3.05, 3.63) is 0 Å². The fraction of sp³-hybridized carbons (Fsp3) is 1.00. The van der Waals surface area contributed by atoms with Gasteiger partial charge in [0.25, 0.3) is 0 Å². The molecule has 0 aromatic rings. The number of nitrogens with two attached hydrogens (primary N) is 1. The summed E-state index contributed by atoms with van der Waals surface area (Å²) in [5.41, 5.74) is 0. The zero-order valence-corrected chi connectivity index (χ0v) is 5.04. The largest absolute Gasteiger partial charge is 0.334 e. The molecule has 0 spiro atoms. The van der Waals surface area contributed by atoms with Gasteiger partial charge in [0.05, 0.1) is 17.7 Å². The molecule has 0 saturated carbocycles. The van der Waals surface area contributed by atoms with Gasteiger partial charge < -0.3 is 4.74 Å². The topological polar surface area (TPSA) is 35.2 Å². The minimum atomic E-state index is 0.0876. The number of ether oxygens (including phenoxy) is 1. The lowest BCUT2D eigenvalue weighted by Gasteiger charge is -2.07. The lowest BCUT2D eigenvalue weighted by molar-refractivity contribution is 0.174. The van der Waals surface area contributed by atoms with E-state index in [-0.39, 0.29) is 11.1 Å². The van der Waals surface area contributed by atoms with Crippen molar-refractivity contribution in [3.63, 3.8) is 0 Å². The van der Waals surface area contributed by atoms with E-state index in [9.17, 15) is 0 Å². The van der Waals surface area contributed by atoms with Crippen molar-refractivity contribution in [1.29, 1.82) is 0 Å². The monoisotopic (exact) mass is 120 g/mol. The maximum absolute atomic E-state index is 5.54. The van der Waals surface area contributed by atoms with E-state index in [1.54, 1.807) is 0 Å². The van der Waals surface area contributed by atoms with Crippen LogP contribution in [0.3, 0.4) is 0 Å². The average Bonchev–Trinajstić information content (AvgIpc) is 1.69. The molecule has 0 radical (unpaired) electrons. The fourth-order valence-corrected chi connectivity index (χ4v) is 1.51. The maximum atomic E-state index is 5.54. The summed E-state index contributed by atoms with van der Waals surface area (Å²) in [6, 6.07) is 0. The molecule has 2 N–H and O–H groups in total. The van der Waals surface area contributed by atoms with Gasteiger partial charge in [-0.2, -0.15) is 0 Å². The highest BCUT2D eigenvalue weighted by molar-refractivity contribution is 7.94. The molecule has 3 heteroatoms. The van der Waals surface area contributed by atoms with E-state index in [0.717, 1.165) is 19.0 Å². The Balaban J connectivity index is 2.12. The minimum absolute atomic E-state index is 0.0876. The summed E-state index contributed by atoms with van der Waals surface area (Å²) in [5.74, 6) is 1.96. The summed E-state index contributed by atoms with van der Waals surface area (Å²) < 4.78 is 5.07. The molecule has 1 heterocycles. The van der Waals surface area contributed by atoms with Crippen molar-refractivity contribution < 1.29 is 4.74 Å². The normalized spacial score (nSPS) is 33.0. The molecular weight excluding hydrogens is 110 g/mol. The van der Waals surface area contributed by atoms with Crippen LogP contribution in [0, 0.1) is 0 Å². The van der Waals surface area contributed by atoms with Crippen LogP contribution in [0.15, 0.2) is 0 Å². The zero-order valence-electron chi connectivity index (χ0n) is 4.22. The lowest BCUT2D eigenvalue weighted by Crippen LogP contribution is -2.28. The van der Waals surface area contributed by atoms with Crippen LogP contribution in [0.25, 0.3) is 0 Å². The molecule has 1 rings (SSSR count). The van der Waals surface area contributed by atoms with Crippen LogP contribution >= 0.6 is 0 Å². The lowest BCUT2D eigenvalue weighted by atomic mass is 10.5. The number of hydrogen-bond donors (Lipinski definition) is 1. The quantitative estimate of drug-likeness (QED) is 0.451. The third-order valence-corrected chi connectivity index (χ3v) is 2.21. The van der Waals surface area contributed by atoms with Gasteiger partial charge >= 0.3 is 0 Å². The molecule has 2 nitrogen and oxygen atoms in total. The smallest absolute Gasteiger partial charge is 0.227 e. The molecule has 0 aromatic heterocycles. The van der Waals surface area contributed by atoms with Crippen molar-refractivity contribution in [1.82, 2.24) is 0 Å². The molecule has 0 aliphatic carbocycles. The molecule has 7 heavy (non-hydrogen) atoms. The Hall–Kier alpha value is 0.270. The Kier molecular flexibility index (Phi) is 1.97. The van der Waals surface area contributed by atoms with Crippen molar-refractivity contribution >= 4 is 11.1 Å². The molecular formula is C4H10NOS+. The van der Waals surface area contributed by atoms with Gasteiger partial charge in [-0.1, -0.05) is 0 Å². The Morgan fingerprint density at radius 2 is 2.43 bits per heavy atom. The van der Waals surface area contributed by atoms with Crippen molar-refractivity contribution in [2.24, 2.45) is 5.14 Å². The summed E-state index contributed by atoms with van der Waals surface area (Å²) in [5, 5.41) is 5.54. The molecule has 0 amide bonds. The maximum Gasteiger partial charge on any atom is 0.227 e. The Labute approximate surface area is 46.5 Å². The third-order valence-electron chi connectivity index (χ3n) is 0.930. The predicted octanol–water partition coefficient (Wildman–Crippen LogP) is -0.144. The highest BCUT2D eigenvalue weighted by Gasteiger charge is 2.16. The highest BCUT2D eigenvalue weighted by atomic mass is 32.2. The summed E-state index contributed by atoms with van der Waals surface area (Å²) in [6.45, 7) is 0.917. The van der Waals surface area contributed by atoms with E-state index >= 15 is 0 Å². The van der Waals surface area contributed by atoms with Crippen LogP contribution in [0.2, 0.25) is 0 Å².